The first kappa shape index (κ1) is 21.7. The van der Waals surface area contributed by atoms with Gasteiger partial charge in [-0.25, -0.2) is 17.6 Å². The Balaban J connectivity index is 1.94. The van der Waals surface area contributed by atoms with Gasteiger partial charge in [-0.1, -0.05) is 6.92 Å². The molecule has 30 heavy (non-hydrogen) atoms. The Kier molecular flexibility index (Phi) is 5.82. The van der Waals surface area contributed by atoms with Gasteiger partial charge in [0.15, 0.2) is 17.3 Å². The number of benzene rings is 2. The van der Waals surface area contributed by atoms with Crippen molar-refractivity contribution in [1.29, 1.82) is 0 Å². The number of carbonyl (C=O) groups excluding carboxylic acids is 1. The van der Waals surface area contributed by atoms with Gasteiger partial charge in [0.25, 0.3) is 0 Å². The van der Waals surface area contributed by atoms with E-state index in [1.807, 2.05) is 0 Å². The number of hydrogen-bond donors (Lipinski definition) is 0. The molecule has 0 fully saturated rings. The molecule has 0 unspecified atom stereocenters. The molecule has 1 heterocycles. The van der Waals surface area contributed by atoms with E-state index in [1.165, 1.54) is 40.5 Å². The van der Waals surface area contributed by atoms with Crippen molar-refractivity contribution in [3.8, 4) is 5.75 Å². The summed E-state index contributed by atoms with van der Waals surface area (Å²) < 4.78 is 48.8. The maximum absolute atomic E-state index is 13.9. The molecule has 0 aliphatic heterocycles. The van der Waals surface area contributed by atoms with Gasteiger partial charge in [-0.15, -0.1) is 0 Å². The van der Waals surface area contributed by atoms with Gasteiger partial charge in [-0.2, -0.15) is 4.31 Å². The van der Waals surface area contributed by atoms with E-state index in [0.717, 1.165) is 10.4 Å². The number of nitrogens with zero attached hydrogens (tertiary/aromatic N) is 3. The average molecular weight is 435 g/mol. The molecule has 0 amide bonds. The molecule has 1 aromatic heterocycles. The highest BCUT2D eigenvalue weighted by molar-refractivity contribution is 7.89. The minimum Gasteiger partial charge on any atom is -0.494 e. The lowest BCUT2D eigenvalue weighted by Gasteiger charge is -2.20. The molecule has 10 heteroatoms. The Morgan fingerprint density at radius 2 is 1.77 bits per heavy atom. The summed E-state index contributed by atoms with van der Waals surface area (Å²) in [6.07, 6.45) is 0. The van der Waals surface area contributed by atoms with Crippen LogP contribution in [0.2, 0.25) is 0 Å². The monoisotopic (exact) mass is 435 g/mol. The van der Waals surface area contributed by atoms with Crippen LogP contribution in [0.5, 0.6) is 5.75 Å². The van der Waals surface area contributed by atoms with Crippen LogP contribution in [0.4, 0.5) is 4.39 Å². The normalized spacial score (nSPS) is 11.9. The summed E-state index contributed by atoms with van der Waals surface area (Å²) in [6, 6.07) is 8.09. The second-order valence-corrected chi connectivity index (χ2v) is 8.69. The number of carbonyl (C=O) groups is 1. The minimum absolute atomic E-state index is 0.00621. The average Bonchev–Trinajstić information content (AvgIpc) is 2.95. The lowest BCUT2D eigenvalue weighted by molar-refractivity contribution is 0.0967. The first-order valence-electron chi connectivity index (χ1n) is 9.14. The van der Waals surface area contributed by atoms with Crippen molar-refractivity contribution in [2.45, 2.75) is 11.8 Å². The van der Waals surface area contributed by atoms with Crippen molar-refractivity contribution < 1.29 is 22.3 Å². The summed E-state index contributed by atoms with van der Waals surface area (Å²) in [4.78, 5) is 24.7. The highest BCUT2D eigenvalue weighted by Gasteiger charge is 2.27. The second-order valence-electron chi connectivity index (χ2n) is 6.75. The van der Waals surface area contributed by atoms with E-state index in [4.69, 9.17) is 4.74 Å². The first-order valence-corrected chi connectivity index (χ1v) is 10.6. The standard InChI is InChI=1S/C20H22FN3O5S/c1-5-24(12-18(25)13-6-9-19(29-4)15(21)10-13)30(27,28)14-7-8-16-17(11-14)23(3)20(26)22(16)2/h6-11H,5,12H2,1-4H3. The molecule has 0 atom stereocenters. The Bertz CT molecular complexity index is 1290. The Morgan fingerprint density at radius 1 is 1.10 bits per heavy atom. The minimum atomic E-state index is -4.02. The van der Waals surface area contributed by atoms with Crippen LogP contribution in [0.15, 0.2) is 46.1 Å². The van der Waals surface area contributed by atoms with Gasteiger partial charge in [0.1, 0.15) is 0 Å². The highest BCUT2D eigenvalue weighted by Crippen LogP contribution is 2.22. The number of aryl methyl sites for hydroxylation is 2. The van der Waals surface area contributed by atoms with Crippen molar-refractivity contribution in [2.24, 2.45) is 14.1 Å². The maximum Gasteiger partial charge on any atom is 0.328 e. The third-order valence-electron chi connectivity index (χ3n) is 5.03. The van der Waals surface area contributed by atoms with Crippen LogP contribution in [0.3, 0.4) is 0 Å². The number of aromatic nitrogens is 2. The number of ether oxygens (including phenoxy) is 1. The van der Waals surface area contributed by atoms with Crippen LogP contribution in [-0.2, 0) is 24.1 Å². The summed E-state index contributed by atoms with van der Waals surface area (Å²) in [5.41, 5.74) is 0.823. The van der Waals surface area contributed by atoms with Crippen molar-refractivity contribution in [2.75, 3.05) is 20.2 Å². The Morgan fingerprint density at radius 3 is 2.37 bits per heavy atom. The third-order valence-corrected chi connectivity index (χ3v) is 6.94. The van der Waals surface area contributed by atoms with Crippen LogP contribution in [0, 0.1) is 5.82 Å². The number of fused-ring (bicyclic) bond motifs is 1. The molecule has 3 rings (SSSR count). The number of sulfonamides is 1. The zero-order valence-electron chi connectivity index (χ0n) is 17.0. The Labute approximate surface area is 173 Å². The summed E-state index contributed by atoms with van der Waals surface area (Å²) >= 11 is 0. The third kappa shape index (κ3) is 3.63. The summed E-state index contributed by atoms with van der Waals surface area (Å²) in [6.45, 7) is 1.20. The van der Waals surface area contributed by atoms with E-state index in [0.29, 0.717) is 11.0 Å². The molecule has 3 aromatic rings. The van der Waals surface area contributed by atoms with Crippen molar-refractivity contribution in [3.05, 3.63) is 58.3 Å². The molecule has 0 aliphatic carbocycles. The smallest absolute Gasteiger partial charge is 0.328 e. The highest BCUT2D eigenvalue weighted by atomic mass is 32.2. The fraction of sp³-hybridized carbons (Fsp3) is 0.300. The number of ketones is 1. The number of imidazole rings is 1. The Hall–Kier alpha value is -2.98. The lowest BCUT2D eigenvalue weighted by Crippen LogP contribution is -2.35. The molecule has 160 valence electrons. The molecule has 0 radical (unpaired) electrons. The predicted octanol–water partition coefficient (Wildman–Crippen LogP) is 1.92. The molecule has 2 aromatic carbocycles. The largest absolute Gasteiger partial charge is 0.494 e. The van der Waals surface area contributed by atoms with Crippen molar-refractivity contribution >= 4 is 26.8 Å². The van der Waals surface area contributed by atoms with Gasteiger partial charge in [0.2, 0.25) is 10.0 Å². The molecule has 0 spiro atoms. The molecular weight excluding hydrogens is 413 g/mol. The number of methoxy groups -OCH3 is 1. The van der Waals surface area contributed by atoms with E-state index in [2.05, 4.69) is 0 Å². The topological polar surface area (TPSA) is 90.6 Å². The van der Waals surface area contributed by atoms with Crippen LogP contribution >= 0.6 is 0 Å². The number of Topliss-reactive ketones (excluding diaryl/α,β-unsaturated/α-hetero) is 1. The molecular formula is C20H22FN3O5S. The SMILES string of the molecule is CCN(CC(=O)c1ccc(OC)c(F)c1)S(=O)(=O)c1ccc2c(c1)n(C)c(=O)n2C. The zero-order valence-corrected chi connectivity index (χ0v) is 17.9. The fourth-order valence-corrected chi connectivity index (χ4v) is 4.68. The number of hydrogen-bond acceptors (Lipinski definition) is 5. The van der Waals surface area contributed by atoms with E-state index < -0.39 is 28.2 Å². The molecule has 0 bridgehead atoms. The van der Waals surface area contributed by atoms with Gasteiger partial charge >= 0.3 is 5.69 Å². The van der Waals surface area contributed by atoms with E-state index >= 15 is 0 Å². The lowest BCUT2D eigenvalue weighted by atomic mass is 10.1. The van der Waals surface area contributed by atoms with Gasteiger partial charge in [0, 0.05) is 26.2 Å². The zero-order chi connectivity index (χ0) is 22.2. The summed E-state index contributed by atoms with van der Waals surface area (Å²) in [5.74, 6) is -1.26. The van der Waals surface area contributed by atoms with Crippen molar-refractivity contribution in [1.82, 2.24) is 13.4 Å². The van der Waals surface area contributed by atoms with Crippen LogP contribution < -0.4 is 10.4 Å². The number of likely N-dealkylation sites (N-methyl/N-ethyl adjacent to an activating group) is 1. The van der Waals surface area contributed by atoms with E-state index in [-0.39, 0.29) is 28.4 Å². The molecule has 0 saturated heterocycles. The quantitative estimate of drug-likeness (QED) is 0.529. The van der Waals surface area contributed by atoms with Crippen LogP contribution in [0.1, 0.15) is 17.3 Å². The predicted molar refractivity (Wildman–Crippen MR) is 110 cm³/mol. The van der Waals surface area contributed by atoms with Gasteiger partial charge < -0.3 is 4.74 Å². The number of rotatable bonds is 7. The maximum atomic E-state index is 13.9. The van der Waals surface area contributed by atoms with Gasteiger partial charge in [-0.05, 0) is 36.4 Å². The van der Waals surface area contributed by atoms with Gasteiger partial charge in [0.05, 0.1) is 29.6 Å². The first-order chi connectivity index (χ1) is 14.1. The molecule has 0 saturated carbocycles. The molecule has 0 aliphatic rings. The molecule has 0 N–H and O–H groups in total. The summed E-state index contributed by atoms with van der Waals surface area (Å²) in [7, 11) is 0.448. The van der Waals surface area contributed by atoms with Crippen LogP contribution in [0.25, 0.3) is 11.0 Å². The van der Waals surface area contributed by atoms with E-state index in [9.17, 15) is 22.4 Å². The van der Waals surface area contributed by atoms with Crippen LogP contribution in [-0.4, -0.2) is 47.8 Å². The fourth-order valence-electron chi connectivity index (χ4n) is 3.25. The van der Waals surface area contributed by atoms with E-state index in [1.54, 1.807) is 27.1 Å². The van der Waals surface area contributed by atoms with Crippen molar-refractivity contribution in [3.63, 3.8) is 0 Å². The number of halogens is 1. The van der Waals surface area contributed by atoms with Gasteiger partial charge in [-0.3, -0.25) is 13.9 Å². The second kappa shape index (κ2) is 8.04. The molecule has 8 nitrogen and oxygen atoms in total. The summed E-state index contributed by atoms with van der Waals surface area (Å²) in [5, 5.41) is 0.